The standard InChI is InChI=1S/C12H14N4O3/c13-7-10-3-4-14-12(11(10)16(17)18)15-5-6-19-8-9-1-2-9/h3-4,9H,1-2,5-6,8H2,(H,14,15). The molecule has 0 atom stereocenters. The van der Waals surface area contributed by atoms with E-state index in [0.29, 0.717) is 19.1 Å². The van der Waals surface area contributed by atoms with Crippen LogP contribution in [0.3, 0.4) is 0 Å². The molecule has 1 N–H and O–H groups in total. The number of hydrogen-bond donors (Lipinski definition) is 1. The summed E-state index contributed by atoms with van der Waals surface area (Å²) in [5.74, 6) is 0.799. The lowest BCUT2D eigenvalue weighted by atomic mass is 10.2. The van der Waals surface area contributed by atoms with Gasteiger partial charge in [-0.1, -0.05) is 0 Å². The van der Waals surface area contributed by atoms with Crippen molar-refractivity contribution in [2.75, 3.05) is 25.1 Å². The maximum atomic E-state index is 10.9. The number of hydrogen-bond acceptors (Lipinski definition) is 6. The molecule has 0 saturated heterocycles. The van der Waals surface area contributed by atoms with Crippen LogP contribution in [0.25, 0.3) is 0 Å². The van der Waals surface area contributed by atoms with Gasteiger partial charge in [0.05, 0.1) is 11.5 Å². The van der Waals surface area contributed by atoms with Gasteiger partial charge >= 0.3 is 5.69 Å². The molecule has 7 nitrogen and oxygen atoms in total. The zero-order valence-electron chi connectivity index (χ0n) is 10.3. The van der Waals surface area contributed by atoms with Gasteiger partial charge in [0.2, 0.25) is 5.82 Å². The van der Waals surface area contributed by atoms with E-state index in [-0.39, 0.29) is 17.1 Å². The molecule has 0 aliphatic heterocycles. The van der Waals surface area contributed by atoms with Crippen LogP contribution in [0.4, 0.5) is 11.5 Å². The molecule has 1 aliphatic carbocycles. The van der Waals surface area contributed by atoms with E-state index in [2.05, 4.69) is 10.3 Å². The quantitative estimate of drug-likeness (QED) is 0.456. The summed E-state index contributed by atoms with van der Waals surface area (Å²) in [7, 11) is 0. The van der Waals surface area contributed by atoms with Gasteiger partial charge in [-0.2, -0.15) is 5.26 Å². The van der Waals surface area contributed by atoms with E-state index >= 15 is 0 Å². The third-order valence-electron chi connectivity index (χ3n) is 2.82. The Morgan fingerprint density at radius 3 is 3.05 bits per heavy atom. The highest BCUT2D eigenvalue weighted by molar-refractivity contribution is 5.63. The Hall–Kier alpha value is -2.20. The highest BCUT2D eigenvalue weighted by atomic mass is 16.6. The number of aromatic nitrogens is 1. The molecule has 1 fully saturated rings. The minimum atomic E-state index is -0.598. The third kappa shape index (κ3) is 3.63. The van der Waals surface area contributed by atoms with E-state index in [1.165, 1.54) is 25.1 Å². The fraction of sp³-hybridized carbons (Fsp3) is 0.500. The van der Waals surface area contributed by atoms with Crippen molar-refractivity contribution in [2.24, 2.45) is 5.92 Å². The van der Waals surface area contributed by atoms with Crippen LogP contribution in [0.15, 0.2) is 12.3 Å². The first kappa shape index (κ1) is 13.2. The molecule has 1 aromatic rings. The average Bonchev–Trinajstić information content (AvgIpc) is 3.21. The number of pyridine rings is 1. The van der Waals surface area contributed by atoms with Crippen LogP contribution in [-0.4, -0.2) is 29.7 Å². The predicted octanol–water partition coefficient (Wildman–Crippen LogP) is 1.70. The lowest BCUT2D eigenvalue weighted by Crippen LogP contribution is -2.13. The number of anilines is 1. The molecule has 1 saturated carbocycles. The normalized spacial score (nSPS) is 13.8. The summed E-state index contributed by atoms with van der Waals surface area (Å²) >= 11 is 0. The van der Waals surface area contributed by atoms with Crippen LogP contribution >= 0.6 is 0 Å². The number of rotatable bonds is 7. The van der Waals surface area contributed by atoms with E-state index in [1.54, 1.807) is 6.07 Å². The molecular weight excluding hydrogens is 248 g/mol. The van der Waals surface area contributed by atoms with E-state index in [4.69, 9.17) is 10.00 Å². The molecule has 100 valence electrons. The van der Waals surface area contributed by atoms with Crippen molar-refractivity contribution in [1.82, 2.24) is 4.98 Å². The van der Waals surface area contributed by atoms with Gasteiger partial charge in [-0.25, -0.2) is 4.98 Å². The molecule has 0 amide bonds. The SMILES string of the molecule is N#Cc1ccnc(NCCOCC2CC2)c1[N+](=O)[O-]. The van der Waals surface area contributed by atoms with Crippen molar-refractivity contribution >= 4 is 11.5 Å². The zero-order valence-corrected chi connectivity index (χ0v) is 10.3. The van der Waals surface area contributed by atoms with Crippen molar-refractivity contribution in [3.05, 3.63) is 27.9 Å². The molecule has 0 bridgehead atoms. The fourth-order valence-corrected chi connectivity index (χ4v) is 1.63. The summed E-state index contributed by atoms with van der Waals surface area (Å²) in [6, 6.07) is 3.12. The summed E-state index contributed by atoms with van der Waals surface area (Å²) in [6.45, 7) is 1.64. The van der Waals surface area contributed by atoms with Crippen LogP contribution in [0.2, 0.25) is 0 Å². The van der Waals surface area contributed by atoms with Gasteiger partial charge in [0.1, 0.15) is 11.6 Å². The molecule has 2 rings (SSSR count). The topological polar surface area (TPSA) is 101 Å². The molecule has 0 aromatic carbocycles. The van der Waals surface area contributed by atoms with Crippen LogP contribution in [0, 0.1) is 27.4 Å². The van der Waals surface area contributed by atoms with Gasteiger partial charge in [0.25, 0.3) is 0 Å². The molecule has 7 heteroatoms. The number of nitriles is 1. The van der Waals surface area contributed by atoms with Crippen LogP contribution in [0.1, 0.15) is 18.4 Å². The number of nitrogens with one attached hydrogen (secondary N) is 1. The Labute approximate surface area is 110 Å². The van der Waals surface area contributed by atoms with E-state index in [1.807, 2.05) is 0 Å². The Bertz CT molecular complexity index is 508. The Kier molecular flexibility index (Phi) is 4.26. The maximum Gasteiger partial charge on any atom is 0.328 e. The van der Waals surface area contributed by atoms with E-state index in [9.17, 15) is 10.1 Å². The van der Waals surface area contributed by atoms with Crippen LogP contribution in [-0.2, 0) is 4.74 Å². The van der Waals surface area contributed by atoms with Gasteiger partial charge in [-0.3, -0.25) is 10.1 Å². The predicted molar refractivity (Wildman–Crippen MR) is 67.6 cm³/mol. The van der Waals surface area contributed by atoms with Crippen molar-refractivity contribution in [3.8, 4) is 6.07 Å². The van der Waals surface area contributed by atoms with Gasteiger partial charge in [0.15, 0.2) is 0 Å². The Morgan fingerprint density at radius 1 is 1.63 bits per heavy atom. The summed E-state index contributed by atoms with van der Waals surface area (Å²) in [6.07, 6.45) is 3.83. The smallest absolute Gasteiger partial charge is 0.328 e. The molecule has 1 aliphatic rings. The van der Waals surface area contributed by atoms with Crippen LogP contribution in [0.5, 0.6) is 0 Å². The third-order valence-corrected chi connectivity index (χ3v) is 2.82. The highest BCUT2D eigenvalue weighted by Crippen LogP contribution is 2.28. The minimum Gasteiger partial charge on any atom is -0.379 e. The Balaban J connectivity index is 1.91. The first-order valence-electron chi connectivity index (χ1n) is 6.07. The minimum absolute atomic E-state index is 0.00130. The number of nitro groups is 1. The monoisotopic (exact) mass is 262 g/mol. The first-order chi connectivity index (χ1) is 9.22. The number of ether oxygens (including phenoxy) is 1. The lowest BCUT2D eigenvalue weighted by molar-refractivity contribution is -0.384. The first-order valence-corrected chi connectivity index (χ1v) is 6.07. The van der Waals surface area contributed by atoms with Gasteiger partial charge in [-0.15, -0.1) is 0 Å². The maximum absolute atomic E-state index is 10.9. The van der Waals surface area contributed by atoms with E-state index < -0.39 is 4.92 Å². The second kappa shape index (κ2) is 6.11. The van der Waals surface area contributed by atoms with Crippen molar-refractivity contribution in [3.63, 3.8) is 0 Å². The van der Waals surface area contributed by atoms with Gasteiger partial charge < -0.3 is 10.1 Å². The summed E-state index contributed by atoms with van der Waals surface area (Å²) in [4.78, 5) is 14.2. The molecule has 1 aromatic heterocycles. The largest absolute Gasteiger partial charge is 0.379 e. The molecular formula is C12H14N4O3. The van der Waals surface area contributed by atoms with Gasteiger partial charge in [0, 0.05) is 19.3 Å². The number of nitrogens with zero attached hydrogens (tertiary/aromatic N) is 3. The van der Waals surface area contributed by atoms with Crippen molar-refractivity contribution in [1.29, 1.82) is 5.26 Å². The van der Waals surface area contributed by atoms with Gasteiger partial charge in [-0.05, 0) is 24.8 Å². The molecule has 0 spiro atoms. The second-order valence-electron chi connectivity index (χ2n) is 4.37. The lowest BCUT2D eigenvalue weighted by Gasteiger charge is -2.07. The zero-order chi connectivity index (χ0) is 13.7. The Morgan fingerprint density at radius 2 is 2.42 bits per heavy atom. The van der Waals surface area contributed by atoms with Crippen LogP contribution < -0.4 is 5.32 Å². The molecule has 19 heavy (non-hydrogen) atoms. The summed E-state index contributed by atoms with van der Waals surface area (Å²) in [5.41, 5.74) is -0.284. The van der Waals surface area contributed by atoms with Crippen molar-refractivity contribution in [2.45, 2.75) is 12.8 Å². The second-order valence-corrected chi connectivity index (χ2v) is 4.37. The molecule has 0 radical (unpaired) electrons. The van der Waals surface area contributed by atoms with Crippen molar-refractivity contribution < 1.29 is 9.66 Å². The molecule has 1 heterocycles. The fourth-order valence-electron chi connectivity index (χ4n) is 1.63. The highest BCUT2D eigenvalue weighted by Gasteiger charge is 2.22. The van der Waals surface area contributed by atoms with E-state index in [0.717, 1.165) is 6.61 Å². The molecule has 0 unspecified atom stereocenters. The summed E-state index contributed by atoms with van der Waals surface area (Å²) < 4.78 is 5.41. The summed E-state index contributed by atoms with van der Waals surface area (Å²) in [5, 5.41) is 22.6. The average molecular weight is 262 g/mol.